The average molecular weight is 412 g/mol. The molecule has 3 atom stereocenters. The van der Waals surface area contributed by atoms with E-state index in [4.69, 9.17) is 9.47 Å². The fourth-order valence-corrected chi connectivity index (χ4v) is 4.66. The van der Waals surface area contributed by atoms with Crippen LogP contribution in [0.15, 0.2) is 0 Å². The second-order valence-electron chi connectivity index (χ2n) is 10.4. The molecule has 172 valence electrons. The van der Waals surface area contributed by atoms with Crippen molar-refractivity contribution in [1.29, 1.82) is 0 Å². The van der Waals surface area contributed by atoms with Crippen molar-refractivity contribution in [1.82, 2.24) is 14.7 Å². The van der Waals surface area contributed by atoms with E-state index in [1.54, 1.807) is 0 Å². The molecule has 0 spiro atoms. The zero-order chi connectivity index (χ0) is 21.3. The van der Waals surface area contributed by atoms with Gasteiger partial charge in [0.2, 0.25) is 0 Å². The molecule has 0 aromatic carbocycles. The van der Waals surface area contributed by atoms with Gasteiger partial charge in [-0.3, -0.25) is 9.80 Å². The number of ether oxygens (including phenoxy) is 2. The van der Waals surface area contributed by atoms with Crippen LogP contribution in [0, 0.1) is 11.3 Å². The number of morpholine rings is 2. The smallest absolute Gasteiger partial charge is 0.0634 e. The summed E-state index contributed by atoms with van der Waals surface area (Å²) in [5, 5.41) is 0. The minimum absolute atomic E-state index is 0.476. The van der Waals surface area contributed by atoms with Crippen LogP contribution in [-0.4, -0.2) is 99.5 Å². The summed E-state index contributed by atoms with van der Waals surface area (Å²) < 4.78 is 11.0. The molecule has 0 radical (unpaired) electrons. The Morgan fingerprint density at radius 3 is 1.97 bits per heavy atom. The maximum Gasteiger partial charge on any atom is 0.0634 e. The summed E-state index contributed by atoms with van der Waals surface area (Å²) in [5.41, 5.74) is 0.476. The lowest BCUT2D eigenvalue weighted by atomic mass is 9.73. The maximum atomic E-state index is 5.56. The minimum atomic E-state index is 0.476. The van der Waals surface area contributed by atoms with Crippen LogP contribution in [-0.2, 0) is 9.47 Å². The lowest BCUT2D eigenvalue weighted by Gasteiger charge is -2.45. The largest absolute Gasteiger partial charge is 0.378 e. The van der Waals surface area contributed by atoms with Crippen LogP contribution in [0.3, 0.4) is 0 Å². The number of unbranched alkanes of at least 4 members (excludes halogenated alkanes) is 1. The van der Waals surface area contributed by atoms with E-state index in [2.05, 4.69) is 56.4 Å². The molecular weight excluding hydrogens is 362 g/mol. The second kappa shape index (κ2) is 12.6. The third-order valence-electron chi connectivity index (χ3n) is 7.04. The van der Waals surface area contributed by atoms with E-state index in [-0.39, 0.29) is 0 Å². The van der Waals surface area contributed by atoms with E-state index in [0.29, 0.717) is 17.5 Å². The molecule has 4 heterocycles. The van der Waals surface area contributed by atoms with E-state index >= 15 is 0 Å². The average Bonchev–Trinajstić information content (AvgIpc) is 2.73. The lowest BCUT2D eigenvalue weighted by Crippen LogP contribution is -2.56. The maximum absolute atomic E-state index is 5.56. The summed E-state index contributed by atoms with van der Waals surface area (Å²) in [7, 11) is 2.19. The Morgan fingerprint density at radius 2 is 1.38 bits per heavy atom. The van der Waals surface area contributed by atoms with E-state index in [0.717, 1.165) is 45.4 Å². The zero-order valence-electron chi connectivity index (χ0n) is 20.3. The van der Waals surface area contributed by atoms with Crippen molar-refractivity contribution in [3.8, 4) is 0 Å². The molecular formula is C24H49N3O2. The van der Waals surface area contributed by atoms with Crippen LogP contribution in [0.2, 0.25) is 0 Å². The van der Waals surface area contributed by atoms with Crippen molar-refractivity contribution in [2.45, 2.75) is 72.4 Å². The highest BCUT2D eigenvalue weighted by molar-refractivity contribution is 4.88. The number of hydrogen-bond donors (Lipinski definition) is 0. The van der Waals surface area contributed by atoms with Crippen molar-refractivity contribution < 1.29 is 9.47 Å². The Balaban J connectivity index is 0.000000179. The second-order valence-corrected chi connectivity index (χ2v) is 10.4. The van der Waals surface area contributed by atoms with Crippen LogP contribution in [0.1, 0.15) is 60.3 Å². The SMILES string of the molecule is CC(C)(C)C1CCN2CCOCC2C1.CCCC.CN1CCN2CCOCC2C1. The molecule has 0 N–H and O–H groups in total. The molecule has 4 rings (SSSR count). The Labute approximate surface area is 181 Å². The normalized spacial score (nSPS) is 31.4. The van der Waals surface area contributed by atoms with Gasteiger partial charge in [-0.05, 0) is 37.8 Å². The monoisotopic (exact) mass is 411 g/mol. The summed E-state index contributed by atoms with van der Waals surface area (Å²) >= 11 is 0. The van der Waals surface area contributed by atoms with Crippen molar-refractivity contribution in [3.63, 3.8) is 0 Å². The van der Waals surface area contributed by atoms with E-state index in [1.807, 2.05) is 0 Å². The fraction of sp³-hybridized carbons (Fsp3) is 1.00. The first kappa shape index (κ1) is 25.1. The lowest BCUT2D eigenvalue weighted by molar-refractivity contribution is -0.0482. The number of piperazine rings is 1. The fourth-order valence-electron chi connectivity index (χ4n) is 4.66. The number of nitrogens with zero attached hydrogens (tertiary/aromatic N) is 3. The van der Waals surface area contributed by atoms with E-state index in [1.165, 1.54) is 51.9 Å². The first-order chi connectivity index (χ1) is 13.8. The Kier molecular flexibility index (Phi) is 10.9. The van der Waals surface area contributed by atoms with E-state index < -0.39 is 0 Å². The van der Waals surface area contributed by atoms with Gasteiger partial charge in [0, 0.05) is 44.8 Å². The number of likely N-dealkylation sites (N-methyl/N-ethyl adjacent to an activating group) is 1. The van der Waals surface area contributed by atoms with Gasteiger partial charge in [-0.1, -0.05) is 47.5 Å². The molecule has 0 aromatic rings. The zero-order valence-corrected chi connectivity index (χ0v) is 20.3. The van der Waals surface area contributed by atoms with Crippen molar-refractivity contribution in [2.24, 2.45) is 11.3 Å². The molecule has 4 saturated heterocycles. The molecule has 0 bridgehead atoms. The van der Waals surface area contributed by atoms with Gasteiger partial charge in [0.15, 0.2) is 0 Å². The van der Waals surface area contributed by atoms with Gasteiger partial charge in [-0.2, -0.15) is 0 Å². The molecule has 3 unspecified atom stereocenters. The van der Waals surface area contributed by atoms with Crippen LogP contribution in [0.5, 0.6) is 0 Å². The summed E-state index contributed by atoms with van der Waals surface area (Å²) in [6.07, 6.45) is 5.35. The first-order valence-electron chi connectivity index (χ1n) is 12.2. The third-order valence-corrected chi connectivity index (χ3v) is 7.04. The molecule has 0 aromatic heterocycles. The van der Waals surface area contributed by atoms with Gasteiger partial charge in [-0.15, -0.1) is 0 Å². The molecule has 0 aliphatic carbocycles. The number of rotatable bonds is 1. The summed E-state index contributed by atoms with van der Waals surface area (Å²) in [4.78, 5) is 7.55. The Bertz CT molecular complexity index is 438. The number of piperidine rings is 1. The summed E-state index contributed by atoms with van der Waals surface area (Å²) in [6, 6.07) is 1.38. The molecule has 0 saturated carbocycles. The molecule has 0 amide bonds. The highest BCUT2D eigenvalue weighted by atomic mass is 16.5. The molecule has 4 fully saturated rings. The number of hydrogen-bond acceptors (Lipinski definition) is 5. The van der Waals surface area contributed by atoms with Gasteiger partial charge in [-0.25, -0.2) is 0 Å². The quantitative estimate of drug-likeness (QED) is 0.658. The summed E-state index contributed by atoms with van der Waals surface area (Å²) in [5.74, 6) is 0.880. The van der Waals surface area contributed by atoms with E-state index in [9.17, 15) is 0 Å². The van der Waals surface area contributed by atoms with Gasteiger partial charge >= 0.3 is 0 Å². The van der Waals surface area contributed by atoms with Gasteiger partial charge in [0.05, 0.1) is 26.4 Å². The molecule has 29 heavy (non-hydrogen) atoms. The van der Waals surface area contributed by atoms with Gasteiger partial charge in [0.1, 0.15) is 0 Å². The van der Waals surface area contributed by atoms with Gasteiger partial charge in [0.25, 0.3) is 0 Å². The third kappa shape index (κ3) is 8.45. The minimum Gasteiger partial charge on any atom is -0.378 e. The summed E-state index contributed by atoms with van der Waals surface area (Å²) in [6.45, 7) is 22.5. The topological polar surface area (TPSA) is 28.2 Å². The van der Waals surface area contributed by atoms with Crippen molar-refractivity contribution >= 4 is 0 Å². The van der Waals surface area contributed by atoms with Crippen LogP contribution in [0.25, 0.3) is 0 Å². The van der Waals surface area contributed by atoms with Crippen LogP contribution in [0.4, 0.5) is 0 Å². The molecule has 4 aliphatic rings. The number of fused-ring (bicyclic) bond motifs is 2. The Morgan fingerprint density at radius 1 is 0.793 bits per heavy atom. The highest BCUT2D eigenvalue weighted by Crippen LogP contribution is 2.37. The molecule has 4 aliphatic heterocycles. The van der Waals surface area contributed by atoms with Gasteiger partial charge < -0.3 is 14.4 Å². The highest BCUT2D eigenvalue weighted by Gasteiger charge is 2.35. The van der Waals surface area contributed by atoms with Crippen molar-refractivity contribution in [3.05, 3.63) is 0 Å². The molecule has 5 nitrogen and oxygen atoms in total. The molecule has 5 heteroatoms. The predicted octanol–water partition coefficient (Wildman–Crippen LogP) is 3.58. The first-order valence-corrected chi connectivity index (χ1v) is 12.2. The van der Waals surface area contributed by atoms with Crippen LogP contribution < -0.4 is 0 Å². The predicted molar refractivity (Wildman–Crippen MR) is 123 cm³/mol. The standard InChI is InChI=1S/C12H23NO.C8H16N2O.C4H10/c1-12(2,3)10-4-5-13-6-7-14-9-11(13)8-10;1-9-2-3-10-4-5-11-7-8(10)6-9;1-3-4-2/h10-11H,4-9H2,1-3H3;8H,2-7H2,1H3;3-4H2,1-2H3. The van der Waals surface area contributed by atoms with Crippen LogP contribution >= 0.6 is 0 Å². The van der Waals surface area contributed by atoms with Crippen molar-refractivity contribution in [2.75, 3.05) is 72.7 Å². The Hall–Kier alpha value is -0.200.